The molecule has 2 N–H and O–H groups in total. The minimum absolute atomic E-state index is 0.0800. The molecular formula is C15H20N2O3. The van der Waals surface area contributed by atoms with E-state index in [9.17, 15) is 5.11 Å². The number of aliphatic hydroxyl groups excluding tert-OH is 1. The van der Waals surface area contributed by atoms with Gasteiger partial charge in [0, 0.05) is 30.9 Å². The molecule has 1 aromatic rings. The lowest BCUT2D eigenvalue weighted by atomic mass is 9.90. The number of benzene rings is 1. The van der Waals surface area contributed by atoms with Crippen LogP contribution in [0, 0.1) is 11.3 Å². The molecule has 5 heteroatoms. The molecule has 0 unspecified atom stereocenters. The summed E-state index contributed by atoms with van der Waals surface area (Å²) in [6.45, 7) is 1.95. The van der Waals surface area contributed by atoms with E-state index < -0.39 is 0 Å². The smallest absolute Gasteiger partial charge is 0.123 e. The lowest BCUT2D eigenvalue weighted by molar-refractivity contribution is 0.0111. The van der Waals surface area contributed by atoms with Crippen molar-refractivity contribution in [3.63, 3.8) is 0 Å². The molecular weight excluding hydrogens is 256 g/mol. The Morgan fingerprint density at radius 1 is 1.45 bits per heavy atom. The number of methoxy groups -OCH3 is 1. The highest BCUT2D eigenvalue weighted by molar-refractivity contribution is 5.42. The summed E-state index contributed by atoms with van der Waals surface area (Å²) >= 11 is 0. The van der Waals surface area contributed by atoms with Gasteiger partial charge in [0.1, 0.15) is 5.75 Å². The van der Waals surface area contributed by atoms with Crippen molar-refractivity contribution in [3.05, 3.63) is 29.3 Å². The van der Waals surface area contributed by atoms with Crippen molar-refractivity contribution in [3.8, 4) is 11.8 Å². The Hall–Kier alpha value is -1.61. The minimum atomic E-state index is -0.300. The third kappa shape index (κ3) is 3.28. The van der Waals surface area contributed by atoms with E-state index in [1.165, 1.54) is 0 Å². The summed E-state index contributed by atoms with van der Waals surface area (Å²) in [4.78, 5) is 0. The van der Waals surface area contributed by atoms with Gasteiger partial charge in [-0.2, -0.15) is 5.26 Å². The molecule has 0 bridgehead atoms. The van der Waals surface area contributed by atoms with Gasteiger partial charge in [-0.3, -0.25) is 0 Å². The molecule has 1 heterocycles. The van der Waals surface area contributed by atoms with E-state index in [1.807, 2.05) is 6.07 Å². The average molecular weight is 276 g/mol. The summed E-state index contributed by atoms with van der Waals surface area (Å²) in [7, 11) is 1.61. The summed E-state index contributed by atoms with van der Waals surface area (Å²) in [5.74, 6) is 0.747. The molecule has 0 amide bonds. The zero-order chi connectivity index (χ0) is 14.4. The van der Waals surface area contributed by atoms with Crippen LogP contribution in [-0.4, -0.2) is 37.6 Å². The van der Waals surface area contributed by atoms with Crippen LogP contribution in [0.5, 0.6) is 5.75 Å². The van der Waals surface area contributed by atoms with Crippen molar-refractivity contribution in [2.45, 2.75) is 24.9 Å². The number of hydrogen-bond donors (Lipinski definition) is 2. The van der Waals surface area contributed by atoms with Gasteiger partial charge in [-0.05, 0) is 31.0 Å². The van der Waals surface area contributed by atoms with Gasteiger partial charge >= 0.3 is 0 Å². The minimum Gasteiger partial charge on any atom is -0.496 e. The van der Waals surface area contributed by atoms with Crippen molar-refractivity contribution in [1.29, 1.82) is 5.26 Å². The van der Waals surface area contributed by atoms with Crippen molar-refractivity contribution in [2.75, 3.05) is 26.9 Å². The van der Waals surface area contributed by atoms with Gasteiger partial charge in [0.25, 0.3) is 0 Å². The summed E-state index contributed by atoms with van der Waals surface area (Å²) in [5.41, 5.74) is 1.23. The first-order valence-corrected chi connectivity index (χ1v) is 6.74. The molecule has 0 radical (unpaired) electrons. The van der Waals surface area contributed by atoms with Crippen LogP contribution in [-0.2, 0) is 11.3 Å². The van der Waals surface area contributed by atoms with Crippen LogP contribution in [0.2, 0.25) is 0 Å². The van der Waals surface area contributed by atoms with E-state index in [1.54, 1.807) is 19.2 Å². The van der Waals surface area contributed by atoms with Crippen molar-refractivity contribution in [2.24, 2.45) is 0 Å². The van der Waals surface area contributed by atoms with Gasteiger partial charge < -0.3 is 19.9 Å². The third-order valence-electron chi connectivity index (χ3n) is 3.82. The Morgan fingerprint density at radius 3 is 2.80 bits per heavy atom. The van der Waals surface area contributed by atoms with Crippen LogP contribution >= 0.6 is 0 Å². The number of ether oxygens (including phenoxy) is 2. The highest BCUT2D eigenvalue weighted by Gasteiger charge is 2.31. The maximum absolute atomic E-state index is 9.65. The van der Waals surface area contributed by atoms with Crippen molar-refractivity contribution in [1.82, 2.24) is 5.32 Å². The lowest BCUT2D eigenvalue weighted by Gasteiger charge is -2.36. The molecule has 5 nitrogen and oxygen atoms in total. The quantitative estimate of drug-likeness (QED) is 0.845. The molecule has 0 saturated carbocycles. The second-order valence-corrected chi connectivity index (χ2v) is 5.04. The first-order valence-electron chi connectivity index (χ1n) is 6.74. The Balaban J connectivity index is 2.11. The number of aliphatic hydroxyl groups is 1. The topological polar surface area (TPSA) is 74.5 Å². The van der Waals surface area contributed by atoms with E-state index >= 15 is 0 Å². The standard InChI is InChI=1S/C15H20N2O3/c1-19-14-3-2-12(9-16)8-13(14)10-17-15(11-18)4-6-20-7-5-15/h2-3,8,17-18H,4-7,10-11H2,1H3. The average Bonchev–Trinajstić information content (AvgIpc) is 2.53. The zero-order valence-electron chi connectivity index (χ0n) is 11.7. The van der Waals surface area contributed by atoms with Crippen molar-refractivity contribution < 1.29 is 14.6 Å². The molecule has 1 aliphatic heterocycles. The molecule has 0 atom stereocenters. The molecule has 1 aliphatic rings. The normalized spacial score (nSPS) is 17.4. The first kappa shape index (κ1) is 14.8. The van der Waals surface area contributed by atoms with Gasteiger partial charge in [0.2, 0.25) is 0 Å². The number of nitrogens with one attached hydrogen (secondary N) is 1. The van der Waals surface area contributed by atoms with Gasteiger partial charge in [-0.1, -0.05) is 0 Å². The molecule has 0 spiro atoms. The zero-order valence-corrected chi connectivity index (χ0v) is 11.7. The molecule has 20 heavy (non-hydrogen) atoms. The van der Waals surface area contributed by atoms with Crippen LogP contribution in [0.25, 0.3) is 0 Å². The maximum atomic E-state index is 9.65. The van der Waals surface area contributed by atoms with Crippen molar-refractivity contribution >= 4 is 0 Å². The predicted molar refractivity (Wildman–Crippen MR) is 74.4 cm³/mol. The fraction of sp³-hybridized carbons (Fsp3) is 0.533. The van der Waals surface area contributed by atoms with Crippen LogP contribution in [0.15, 0.2) is 18.2 Å². The van der Waals surface area contributed by atoms with Crippen LogP contribution in [0.3, 0.4) is 0 Å². The predicted octanol–water partition coefficient (Wildman–Crippen LogP) is 1.20. The maximum Gasteiger partial charge on any atom is 0.123 e. The number of nitrogens with zero attached hydrogens (tertiary/aromatic N) is 1. The Labute approximate surface area is 119 Å². The molecule has 108 valence electrons. The largest absolute Gasteiger partial charge is 0.496 e. The van der Waals surface area contributed by atoms with Gasteiger partial charge in [0.05, 0.1) is 25.3 Å². The van der Waals surface area contributed by atoms with Gasteiger partial charge in [-0.25, -0.2) is 0 Å². The summed E-state index contributed by atoms with van der Waals surface area (Å²) in [6, 6.07) is 7.47. The van der Waals surface area contributed by atoms with Crippen LogP contribution in [0.1, 0.15) is 24.0 Å². The summed E-state index contributed by atoms with van der Waals surface area (Å²) < 4.78 is 10.7. The fourth-order valence-corrected chi connectivity index (χ4v) is 2.42. The van der Waals surface area contributed by atoms with E-state index in [4.69, 9.17) is 14.7 Å². The van der Waals surface area contributed by atoms with E-state index in [-0.39, 0.29) is 12.1 Å². The Kier molecular flexibility index (Phi) is 4.96. The monoisotopic (exact) mass is 276 g/mol. The number of hydrogen-bond acceptors (Lipinski definition) is 5. The van der Waals surface area contributed by atoms with Crippen LogP contribution in [0.4, 0.5) is 0 Å². The molecule has 2 rings (SSSR count). The third-order valence-corrected chi connectivity index (χ3v) is 3.82. The Bertz CT molecular complexity index is 490. The summed E-state index contributed by atoms with van der Waals surface area (Å²) in [6.07, 6.45) is 1.56. The van der Waals surface area contributed by atoms with E-state index in [0.717, 1.165) is 24.2 Å². The Morgan fingerprint density at radius 2 is 2.20 bits per heavy atom. The van der Waals surface area contributed by atoms with Crippen LogP contribution < -0.4 is 10.1 Å². The highest BCUT2D eigenvalue weighted by atomic mass is 16.5. The van der Waals surface area contributed by atoms with E-state index in [2.05, 4.69) is 11.4 Å². The lowest BCUT2D eigenvalue weighted by Crippen LogP contribution is -2.51. The highest BCUT2D eigenvalue weighted by Crippen LogP contribution is 2.24. The summed E-state index contributed by atoms with van der Waals surface area (Å²) in [5, 5.41) is 22.0. The SMILES string of the molecule is COc1ccc(C#N)cc1CNC1(CO)CCOCC1. The second-order valence-electron chi connectivity index (χ2n) is 5.04. The van der Waals surface area contributed by atoms with Gasteiger partial charge in [-0.15, -0.1) is 0 Å². The molecule has 0 aliphatic carbocycles. The molecule has 1 fully saturated rings. The molecule has 1 aromatic carbocycles. The fourth-order valence-electron chi connectivity index (χ4n) is 2.42. The van der Waals surface area contributed by atoms with Gasteiger partial charge in [0.15, 0.2) is 0 Å². The molecule has 1 saturated heterocycles. The van der Waals surface area contributed by atoms with E-state index in [0.29, 0.717) is 25.3 Å². The molecule has 0 aromatic heterocycles. The first-order chi connectivity index (χ1) is 9.73. The second kappa shape index (κ2) is 6.71. The number of nitriles is 1. The number of rotatable bonds is 5.